The largest absolute Gasteiger partial charge is 0.481 e. The highest BCUT2D eigenvalue weighted by atomic mass is 16.4. The van der Waals surface area contributed by atoms with Gasteiger partial charge in [0.05, 0.1) is 11.7 Å². The summed E-state index contributed by atoms with van der Waals surface area (Å²) in [5, 5.41) is 22.8. The van der Waals surface area contributed by atoms with Crippen LogP contribution in [0.5, 0.6) is 0 Å². The van der Waals surface area contributed by atoms with E-state index in [4.69, 9.17) is 0 Å². The summed E-state index contributed by atoms with van der Waals surface area (Å²) in [6, 6.07) is 3.43. The monoisotopic (exact) mass is 349 g/mol. The molecule has 0 saturated carbocycles. The second-order valence-electron chi connectivity index (χ2n) is 6.60. The number of nitrogens with zero attached hydrogens (tertiary/aromatic N) is 2. The van der Waals surface area contributed by atoms with Gasteiger partial charge in [-0.3, -0.25) is 9.59 Å². The number of aromatic nitrogens is 1. The molecule has 2 rings (SSSR count). The molecule has 0 unspecified atom stereocenters. The summed E-state index contributed by atoms with van der Waals surface area (Å²) in [4.78, 5) is 30.0. The van der Waals surface area contributed by atoms with E-state index < -0.39 is 17.5 Å². The van der Waals surface area contributed by atoms with Crippen LogP contribution in [0.1, 0.15) is 49.9 Å². The minimum absolute atomic E-state index is 0.166. The Morgan fingerprint density at radius 3 is 2.68 bits per heavy atom. The Morgan fingerprint density at radius 1 is 1.36 bits per heavy atom. The molecule has 7 nitrogen and oxygen atoms in total. The van der Waals surface area contributed by atoms with Crippen molar-refractivity contribution in [3.8, 4) is 0 Å². The summed E-state index contributed by atoms with van der Waals surface area (Å²) in [6.45, 7) is 5.26. The number of aliphatic hydroxyl groups is 1. The second kappa shape index (κ2) is 8.29. The molecular weight excluding hydrogens is 322 g/mol. The number of carboxylic acids is 1. The van der Waals surface area contributed by atoms with E-state index >= 15 is 0 Å². The number of rotatable bonds is 7. The molecule has 1 aliphatic rings. The first-order valence-electron chi connectivity index (χ1n) is 8.85. The number of hydrogen-bond donors (Lipinski definition) is 3. The van der Waals surface area contributed by atoms with Gasteiger partial charge in [0, 0.05) is 25.8 Å². The lowest BCUT2D eigenvalue weighted by Crippen LogP contribution is -2.56. The van der Waals surface area contributed by atoms with Crippen molar-refractivity contribution in [2.75, 3.05) is 24.5 Å². The molecule has 0 radical (unpaired) electrons. The number of nitrogens with one attached hydrogen (secondary N) is 1. The summed E-state index contributed by atoms with van der Waals surface area (Å²) in [6.07, 6.45) is 2.99. The fraction of sp³-hybridized carbons (Fsp3) is 0.611. The predicted molar refractivity (Wildman–Crippen MR) is 94.7 cm³/mol. The Balaban J connectivity index is 2.15. The zero-order valence-electron chi connectivity index (χ0n) is 14.9. The van der Waals surface area contributed by atoms with Crippen LogP contribution in [0.3, 0.4) is 0 Å². The Hall–Kier alpha value is -2.15. The lowest BCUT2D eigenvalue weighted by molar-refractivity contribution is -0.158. The second-order valence-corrected chi connectivity index (χ2v) is 6.60. The Morgan fingerprint density at radius 2 is 2.12 bits per heavy atom. The van der Waals surface area contributed by atoms with Crippen LogP contribution < -0.4 is 10.2 Å². The average Bonchev–Trinajstić information content (AvgIpc) is 2.61. The van der Waals surface area contributed by atoms with Crippen LogP contribution in [0, 0.1) is 5.41 Å². The smallest absolute Gasteiger partial charge is 0.314 e. The Labute approximate surface area is 148 Å². The van der Waals surface area contributed by atoms with Crippen LogP contribution in [0.25, 0.3) is 0 Å². The molecule has 0 spiro atoms. The first-order chi connectivity index (χ1) is 11.9. The highest BCUT2D eigenvalue weighted by molar-refractivity contribution is 5.94. The third-order valence-electron chi connectivity index (χ3n) is 4.77. The van der Waals surface area contributed by atoms with E-state index in [-0.39, 0.29) is 12.5 Å². The number of aliphatic hydroxyl groups excluding tert-OH is 1. The van der Waals surface area contributed by atoms with Crippen LogP contribution in [-0.4, -0.2) is 52.8 Å². The minimum Gasteiger partial charge on any atom is -0.481 e. The minimum atomic E-state index is -1.17. The van der Waals surface area contributed by atoms with Gasteiger partial charge in [0.2, 0.25) is 0 Å². The molecule has 1 aliphatic heterocycles. The third-order valence-corrected chi connectivity index (χ3v) is 4.77. The maximum Gasteiger partial charge on any atom is 0.314 e. The van der Waals surface area contributed by atoms with Crippen molar-refractivity contribution in [2.45, 2.75) is 45.6 Å². The molecule has 138 valence electrons. The molecule has 2 heterocycles. The van der Waals surface area contributed by atoms with Gasteiger partial charge in [-0.15, -0.1) is 0 Å². The number of aliphatic carboxylic acids is 1. The van der Waals surface area contributed by atoms with E-state index in [0.717, 1.165) is 6.42 Å². The van der Waals surface area contributed by atoms with Crippen LogP contribution in [0.2, 0.25) is 0 Å². The highest BCUT2D eigenvalue weighted by Crippen LogP contribution is 2.36. The summed E-state index contributed by atoms with van der Waals surface area (Å²) in [5.74, 6) is -0.511. The molecule has 0 aromatic carbocycles. The first kappa shape index (κ1) is 19.2. The number of piperidine rings is 1. The standard InChI is InChI=1S/C18H27N3O4/c1-3-8-18(17(24)25)12-21(10-7-14(18)22)15-6-5-13(11-20-15)16(23)19-9-4-2/h5-6,11,14,22H,3-4,7-10,12H2,1-2H3,(H,19,23)(H,24,25)/t14-,18-/m1/s1. The van der Waals surface area contributed by atoms with E-state index in [0.29, 0.717) is 43.7 Å². The predicted octanol–water partition coefficient (Wildman–Crippen LogP) is 1.66. The van der Waals surface area contributed by atoms with Gasteiger partial charge in [0.15, 0.2) is 0 Å². The van der Waals surface area contributed by atoms with Crippen molar-refractivity contribution in [1.29, 1.82) is 0 Å². The molecule has 1 saturated heterocycles. The van der Waals surface area contributed by atoms with Gasteiger partial charge < -0.3 is 20.4 Å². The van der Waals surface area contributed by atoms with Gasteiger partial charge in [-0.25, -0.2) is 4.98 Å². The molecule has 3 N–H and O–H groups in total. The maximum atomic E-state index is 11.9. The van der Waals surface area contributed by atoms with Crippen LogP contribution >= 0.6 is 0 Å². The van der Waals surface area contributed by atoms with E-state index in [1.54, 1.807) is 12.1 Å². The molecule has 0 bridgehead atoms. The normalized spacial score (nSPS) is 23.3. The molecular formula is C18H27N3O4. The summed E-state index contributed by atoms with van der Waals surface area (Å²) < 4.78 is 0. The molecule has 1 aromatic rings. The van der Waals surface area contributed by atoms with Gasteiger partial charge in [-0.1, -0.05) is 20.3 Å². The van der Waals surface area contributed by atoms with Crippen LogP contribution in [0.15, 0.2) is 18.3 Å². The fourth-order valence-electron chi connectivity index (χ4n) is 3.33. The van der Waals surface area contributed by atoms with Gasteiger partial charge in [-0.2, -0.15) is 0 Å². The Bertz CT molecular complexity index is 605. The molecule has 1 amide bonds. The lowest BCUT2D eigenvalue weighted by Gasteiger charge is -2.43. The summed E-state index contributed by atoms with van der Waals surface area (Å²) in [7, 11) is 0. The number of carbonyl (C=O) groups excluding carboxylic acids is 1. The van der Waals surface area contributed by atoms with Crippen LogP contribution in [0.4, 0.5) is 5.82 Å². The van der Waals surface area contributed by atoms with Gasteiger partial charge in [0.1, 0.15) is 11.2 Å². The van der Waals surface area contributed by atoms with Crippen molar-refractivity contribution in [3.63, 3.8) is 0 Å². The fourth-order valence-corrected chi connectivity index (χ4v) is 3.33. The van der Waals surface area contributed by atoms with Crippen molar-refractivity contribution < 1.29 is 19.8 Å². The van der Waals surface area contributed by atoms with Gasteiger partial charge in [-0.05, 0) is 31.4 Å². The summed E-state index contributed by atoms with van der Waals surface area (Å²) >= 11 is 0. The molecule has 1 aromatic heterocycles. The SMILES string of the molecule is CCCNC(=O)c1ccc(N2CC[C@@H](O)[C@](CCC)(C(=O)O)C2)nc1. The average molecular weight is 349 g/mol. The highest BCUT2D eigenvalue weighted by Gasteiger charge is 2.48. The van der Waals surface area contributed by atoms with Crippen LogP contribution in [-0.2, 0) is 4.79 Å². The quantitative estimate of drug-likeness (QED) is 0.692. The molecule has 2 atom stereocenters. The third kappa shape index (κ3) is 4.10. The number of carboxylic acid groups (broad SMARTS) is 1. The number of hydrogen-bond acceptors (Lipinski definition) is 5. The number of amides is 1. The lowest BCUT2D eigenvalue weighted by atomic mass is 9.74. The Kier molecular flexibility index (Phi) is 6.36. The van der Waals surface area contributed by atoms with Gasteiger partial charge >= 0.3 is 5.97 Å². The van der Waals surface area contributed by atoms with Crippen molar-refractivity contribution in [2.24, 2.45) is 5.41 Å². The molecule has 25 heavy (non-hydrogen) atoms. The van der Waals surface area contributed by atoms with E-state index in [1.807, 2.05) is 18.7 Å². The number of carbonyl (C=O) groups is 2. The maximum absolute atomic E-state index is 11.9. The zero-order chi connectivity index (χ0) is 18.4. The van der Waals surface area contributed by atoms with E-state index in [2.05, 4.69) is 10.3 Å². The van der Waals surface area contributed by atoms with Crippen molar-refractivity contribution >= 4 is 17.7 Å². The summed E-state index contributed by atoms with van der Waals surface area (Å²) in [5.41, 5.74) is -0.696. The first-order valence-corrected chi connectivity index (χ1v) is 8.85. The van der Waals surface area contributed by atoms with E-state index in [9.17, 15) is 19.8 Å². The number of anilines is 1. The van der Waals surface area contributed by atoms with Gasteiger partial charge in [0.25, 0.3) is 5.91 Å². The topological polar surface area (TPSA) is 103 Å². The number of pyridine rings is 1. The van der Waals surface area contributed by atoms with Crippen molar-refractivity contribution in [1.82, 2.24) is 10.3 Å². The van der Waals surface area contributed by atoms with E-state index in [1.165, 1.54) is 6.20 Å². The molecule has 7 heteroatoms. The molecule has 1 fully saturated rings. The van der Waals surface area contributed by atoms with Crippen molar-refractivity contribution in [3.05, 3.63) is 23.9 Å². The zero-order valence-corrected chi connectivity index (χ0v) is 14.9. The molecule has 0 aliphatic carbocycles.